The van der Waals surface area contributed by atoms with Gasteiger partial charge in [-0.05, 0) is 29.5 Å². The predicted octanol–water partition coefficient (Wildman–Crippen LogP) is 4.00. The summed E-state index contributed by atoms with van der Waals surface area (Å²) in [7, 11) is -4.19. The Bertz CT molecular complexity index is 896. The average Bonchev–Trinajstić information content (AvgIpc) is 2.56. The topological polar surface area (TPSA) is 86.6 Å². The Kier molecular flexibility index (Phi) is 6.81. The fourth-order valence-electron chi connectivity index (χ4n) is 2.70. The van der Waals surface area contributed by atoms with Crippen LogP contribution in [0.5, 0.6) is 5.75 Å². The van der Waals surface area contributed by atoms with Gasteiger partial charge in [0.05, 0.1) is 17.2 Å². The third-order valence-corrected chi connectivity index (χ3v) is 6.17. The first-order chi connectivity index (χ1) is 12.4. The summed E-state index contributed by atoms with van der Waals surface area (Å²) in [6.07, 6.45) is -0.711. The van der Waals surface area contributed by atoms with Crippen molar-refractivity contribution in [1.29, 1.82) is 0 Å². The van der Waals surface area contributed by atoms with Crippen LogP contribution < -0.4 is 4.72 Å². The number of aliphatic hydroxyl groups is 1. The van der Waals surface area contributed by atoms with E-state index in [2.05, 4.69) is 4.72 Å². The first kappa shape index (κ1) is 22.0. The van der Waals surface area contributed by atoms with E-state index in [4.69, 9.17) is 23.2 Å². The molecule has 0 aromatic heterocycles. The van der Waals surface area contributed by atoms with Crippen LogP contribution in [0.3, 0.4) is 0 Å². The van der Waals surface area contributed by atoms with E-state index in [0.717, 1.165) is 11.6 Å². The number of aliphatic hydroxyl groups excluding tert-OH is 1. The molecule has 2 atom stereocenters. The monoisotopic (exact) mass is 431 g/mol. The lowest BCUT2D eigenvalue weighted by Crippen LogP contribution is -2.49. The Labute approximate surface area is 170 Å². The van der Waals surface area contributed by atoms with Gasteiger partial charge in [0.2, 0.25) is 10.0 Å². The lowest BCUT2D eigenvalue weighted by atomic mass is 9.83. The van der Waals surface area contributed by atoms with E-state index in [0.29, 0.717) is 0 Å². The molecule has 0 unspecified atom stereocenters. The molecule has 3 N–H and O–H groups in total. The number of hydrogen-bond acceptors (Lipinski definition) is 4. The molecule has 0 radical (unpaired) electrons. The molecule has 0 fully saturated rings. The molecule has 8 heteroatoms. The van der Waals surface area contributed by atoms with E-state index in [1.54, 1.807) is 0 Å². The number of benzene rings is 2. The highest BCUT2D eigenvalue weighted by Crippen LogP contribution is 2.34. The molecule has 0 spiro atoms. The average molecular weight is 432 g/mol. The van der Waals surface area contributed by atoms with Gasteiger partial charge in [0.15, 0.2) is 5.75 Å². The summed E-state index contributed by atoms with van der Waals surface area (Å²) in [6, 6.07) is 10.8. The highest BCUT2D eigenvalue weighted by molar-refractivity contribution is 7.89. The van der Waals surface area contributed by atoms with Crippen molar-refractivity contribution in [2.24, 2.45) is 5.41 Å². The van der Waals surface area contributed by atoms with Gasteiger partial charge in [-0.15, -0.1) is 0 Å². The van der Waals surface area contributed by atoms with E-state index in [-0.39, 0.29) is 16.5 Å². The number of aromatic hydroxyl groups is 1. The van der Waals surface area contributed by atoms with Crippen molar-refractivity contribution in [2.45, 2.75) is 44.2 Å². The molecule has 27 heavy (non-hydrogen) atoms. The summed E-state index contributed by atoms with van der Waals surface area (Å²) in [4.78, 5) is -0.431. The normalized spacial score (nSPS) is 14.7. The van der Waals surface area contributed by atoms with Crippen molar-refractivity contribution in [3.63, 3.8) is 0 Å². The molecule has 0 amide bonds. The van der Waals surface area contributed by atoms with Crippen LogP contribution >= 0.6 is 23.2 Å². The van der Waals surface area contributed by atoms with Gasteiger partial charge >= 0.3 is 0 Å². The fraction of sp³-hybridized carbons (Fsp3) is 0.368. The van der Waals surface area contributed by atoms with Gasteiger partial charge in [0.25, 0.3) is 0 Å². The van der Waals surface area contributed by atoms with Crippen molar-refractivity contribution in [3.8, 4) is 5.75 Å². The summed E-state index contributed by atoms with van der Waals surface area (Å²) in [5, 5.41) is 20.8. The molecule has 2 aromatic carbocycles. The smallest absolute Gasteiger partial charge is 0.244 e. The van der Waals surface area contributed by atoms with E-state index < -0.39 is 38.2 Å². The molecule has 148 valence electrons. The standard InChI is InChI=1S/C19H23Cl2NO4S/c1-19(2,3)18(24)15(9-12-7-5-4-6-8-12)22-27(25,26)16-11-13(20)10-14(21)17(16)23/h4-8,10-11,15,18,22-24H,9H2,1-3H3/t15-,18-/m0/s1. The minimum Gasteiger partial charge on any atom is -0.505 e. The number of sulfonamides is 1. The Balaban J connectivity index is 2.42. The molecule has 2 aromatic rings. The van der Waals surface area contributed by atoms with Crippen LogP contribution in [-0.2, 0) is 16.4 Å². The zero-order chi connectivity index (χ0) is 20.4. The number of phenols is 1. The number of nitrogens with one attached hydrogen (secondary N) is 1. The molecule has 0 aliphatic heterocycles. The van der Waals surface area contributed by atoms with Crippen LogP contribution in [0.1, 0.15) is 26.3 Å². The predicted molar refractivity (Wildman–Crippen MR) is 108 cm³/mol. The van der Waals surface area contributed by atoms with E-state index >= 15 is 0 Å². The minimum absolute atomic E-state index is 0.0779. The van der Waals surface area contributed by atoms with Gasteiger partial charge in [-0.1, -0.05) is 74.3 Å². The molecule has 0 saturated carbocycles. The SMILES string of the molecule is CC(C)(C)[C@@H](O)[C@H](Cc1ccccc1)NS(=O)(=O)c1cc(Cl)cc(Cl)c1O. The van der Waals surface area contributed by atoms with E-state index in [1.807, 2.05) is 51.1 Å². The Morgan fingerprint density at radius 2 is 1.70 bits per heavy atom. The fourth-order valence-corrected chi connectivity index (χ4v) is 4.70. The van der Waals surface area contributed by atoms with Crippen molar-refractivity contribution in [1.82, 2.24) is 4.72 Å². The zero-order valence-corrected chi connectivity index (χ0v) is 17.6. The summed E-state index contributed by atoms with van der Waals surface area (Å²) < 4.78 is 28.3. The minimum atomic E-state index is -4.19. The van der Waals surface area contributed by atoms with Gasteiger partial charge in [-0.3, -0.25) is 0 Å². The summed E-state index contributed by atoms with van der Waals surface area (Å²) in [6.45, 7) is 5.45. The highest BCUT2D eigenvalue weighted by atomic mass is 35.5. The van der Waals surface area contributed by atoms with Gasteiger partial charge < -0.3 is 10.2 Å². The zero-order valence-electron chi connectivity index (χ0n) is 15.3. The first-order valence-corrected chi connectivity index (χ1v) is 10.6. The van der Waals surface area contributed by atoms with Crippen molar-refractivity contribution in [3.05, 3.63) is 58.1 Å². The molecule has 0 aliphatic carbocycles. The summed E-state index contributed by atoms with van der Waals surface area (Å²) >= 11 is 11.7. The quantitative estimate of drug-likeness (QED) is 0.644. The van der Waals surface area contributed by atoms with Crippen LogP contribution in [-0.4, -0.2) is 30.8 Å². The number of halogens is 2. The maximum Gasteiger partial charge on any atom is 0.244 e. The Morgan fingerprint density at radius 3 is 2.26 bits per heavy atom. The molecule has 2 rings (SSSR count). The molecular formula is C19H23Cl2NO4S. The second-order valence-electron chi connectivity index (χ2n) is 7.46. The van der Waals surface area contributed by atoms with Crippen LogP contribution in [0.25, 0.3) is 0 Å². The first-order valence-electron chi connectivity index (χ1n) is 8.34. The van der Waals surface area contributed by atoms with Crippen LogP contribution in [0.15, 0.2) is 47.4 Å². The maximum atomic E-state index is 12.9. The molecule has 0 aliphatic rings. The van der Waals surface area contributed by atoms with Crippen molar-refractivity contribution >= 4 is 33.2 Å². The maximum absolute atomic E-state index is 12.9. The highest BCUT2D eigenvalue weighted by Gasteiger charge is 2.34. The molecular weight excluding hydrogens is 409 g/mol. The van der Waals surface area contributed by atoms with E-state index in [1.165, 1.54) is 6.07 Å². The molecule has 5 nitrogen and oxygen atoms in total. The third-order valence-electron chi connectivity index (χ3n) is 4.16. The third kappa shape index (κ3) is 5.59. The Morgan fingerprint density at radius 1 is 1.11 bits per heavy atom. The lowest BCUT2D eigenvalue weighted by molar-refractivity contribution is 0.0357. The largest absolute Gasteiger partial charge is 0.505 e. The van der Waals surface area contributed by atoms with Gasteiger partial charge in [-0.2, -0.15) is 0 Å². The van der Waals surface area contributed by atoms with Gasteiger partial charge in [0, 0.05) is 5.02 Å². The summed E-state index contributed by atoms with van der Waals surface area (Å²) in [5.41, 5.74) is 0.289. The second kappa shape index (κ2) is 8.37. The van der Waals surface area contributed by atoms with Gasteiger partial charge in [0.1, 0.15) is 4.90 Å². The van der Waals surface area contributed by atoms with Crippen molar-refractivity contribution in [2.75, 3.05) is 0 Å². The Hall–Kier alpha value is -1.31. The van der Waals surface area contributed by atoms with Crippen LogP contribution in [0, 0.1) is 5.41 Å². The molecule has 0 bridgehead atoms. The van der Waals surface area contributed by atoms with Gasteiger partial charge in [-0.25, -0.2) is 13.1 Å². The van der Waals surface area contributed by atoms with Crippen molar-refractivity contribution < 1.29 is 18.6 Å². The molecule has 0 saturated heterocycles. The van der Waals surface area contributed by atoms with Crippen LogP contribution in [0.4, 0.5) is 0 Å². The molecule has 0 heterocycles. The van der Waals surface area contributed by atoms with E-state index in [9.17, 15) is 18.6 Å². The number of rotatable bonds is 6. The number of phenolic OH excluding ortho intramolecular Hbond substituents is 1. The second-order valence-corrected chi connectivity index (χ2v) is 9.99. The summed E-state index contributed by atoms with van der Waals surface area (Å²) in [5.74, 6) is -0.586. The van der Waals surface area contributed by atoms with Crippen LogP contribution in [0.2, 0.25) is 10.0 Å². The number of hydrogen-bond donors (Lipinski definition) is 3. The lowest BCUT2D eigenvalue weighted by Gasteiger charge is -2.33.